The molecule has 10 heteroatoms. The number of nitrogens with one attached hydrogen (secondary N) is 2. The molecule has 3 heterocycles. The summed E-state index contributed by atoms with van der Waals surface area (Å²) in [5.41, 5.74) is 2.56. The summed E-state index contributed by atoms with van der Waals surface area (Å²) in [4.78, 5) is 36.2. The number of aliphatic hydroxyl groups is 1. The first-order valence-corrected chi connectivity index (χ1v) is 16.3. The average Bonchev–Trinajstić information content (AvgIpc) is 3.77. The highest BCUT2D eigenvalue weighted by Crippen LogP contribution is 2.43. The minimum Gasteiger partial charge on any atom is -0.459 e. The molecule has 0 unspecified atom stereocenters. The third-order valence-corrected chi connectivity index (χ3v) is 8.95. The van der Waals surface area contributed by atoms with Crippen molar-refractivity contribution >= 4 is 17.8 Å². The van der Waals surface area contributed by atoms with Crippen LogP contribution in [0.5, 0.6) is 0 Å². The second-order valence-electron chi connectivity index (χ2n) is 13.1. The van der Waals surface area contributed by atoms with Crippen molar-refractivity contribution in [1.29, 1.82) is 0 Å². The van der Waals surface area contributed by atoms with Crippen LogP contribution in [0.1, 0.15) is 71.4 Å². The molecule has 9 atom stereocenters. The first-order valence-electron chi connectivity index (χ1n) is 16.3. The van der Waals surface area contributed by atoms with E-state index in [1.54, 1.807) is 13.0 Å². The molecule has 3 aliphatic rings. The highest BCUT2D eigenvalue weighted by atomic mass is 16.6. The second kappa shape index (κ2) is 16.0. The number of esters is 1. The molecule has 1 aromatic rings. The molecule has 10 nitrogen and oxygen atoms in total. The van der Waals surface area contributed by atoms with E-state index in [0.717, 1.165) is 17.6 Å². The molecular weight excluding hydrogens is 588 g/mol. The molecule has 3 fully saturated rings. The number of rotatable bonds is 12. The Bertz CT molecular complexity index is 1300. The van der Waals surface area contributed by atoms with Crippen LogP contribution in [-0.2, 0) is 39.9 Å². The molecule has 1 aromatic carbocycles. The van der Waals surface area contributed by atoms with Gasteiger partial charge in [-0.05, 0) is 58.1 Å². The lowest BCUT2D eigenvalue weighted by atomic mass is 9.87. The first-order chi connectivity index (χ1) is 21.8. The number of hydrogen-bond donors (Lipinski definition) is 3. The summed E-state index contributed by atoms with van der Waals surface area (Å²) in [5, 5.41) is 17.0. The van der Waals surface area contributed by atoms with Gasteiger partial charge in [0.15, 0.2) is 0 Å². The molecule has 252 valence electrons. The van der Waals surface area contributed by atoms with E-state index < -0.39 is 29.9 Å². The van der Waals surface area contributed by atoms with E-state index in [1.807, 2.05) is 57.2 Å². The Balaban J connectivity index is 1.25. The topological polar surface area (TPSA) is 136 Å². The fourth-order valence-electron chi connectivity index (χ4n) is 6.07. The second-order valence-corrected chi connectivity index (χ2v) is 13.1. The summed E-state index contributed by atoms with van der Waals surface area (Å²) < 4.78 is 23.2. The van der Waals surface area contributed by atoms with Gasteiger partial charge < -0.3 is 34.7 Å². The molecule has 0 radical (unpaired) electrons. The van der Waals surface area contributed by atoms with Crippen molar-refractivity contribution < 1.29 is 38.4 Å². The van der Waals surface area contributed by atoms with Crippen LogP contribution in [0, 0.1) is 12.8 Å². The smallest absolute Gasteiger partial charge is 0.303 e. The fraction of sp³-hybridized carbons (Fsp3) is 0.583. The number of carbonyl (C=O) groups excluding carboxylic acids is 3. The predicted molar refractivity (Wildman–Crippen MR) is 174 cm³/mol. The van der Waals surface area contributed by atoms with Gasteiger partial charge in [0, 0.05) is 26.0 Å². The number of amides is 2. The van der Waals surface area contributed by atoms with Crippen molar-refractivity contribution in [1.82, 2.24) is 10.6 Å². The molecule has 3 N–H and O–H groups in total. The van der Waals surface area contributed by atoms with Crippen molar-refractivity contribution in [2.45, 2.75) is 122 Å². The molecule has 0 aliphatic carbocycles. The van der Waals surface area contributed by atoms with Gasteiger partial charge in [-0.3, -0.25) is 14.4 Å². The number of ether oxygens (including phenoxy) is 4. The minimum absolute atomic E-state index is 0.00603. The van der Waals surface area contributed by atoms with E-state index >= 15 is 0 Å². The molecule has 2 amide bonds. The number of benzene rings is 1. The fourth-order valence-corrected chi connectivity index (χ4v) is 6.07. The molecule has 0 saturated carbocycles. The van der Waals surface area contributed by atoms with Gasteiger partial charge in [0.05, 0.1) is 37.4 Å². The van der Waals surface area contributed by atoms with Gasteiger partial charge in [0.25, 0.3) is 0 Å². The summed E-state index contributed by atoms with van der Waals surface area (Å²) in [6, 6.07) is 7.92. The normalized spacial score (nSPS) is 32.0. The van der Waals surface area contributed by atoms with Gasteiger partial charge in [-0.15, -0.1) is 0 Å². The van der Waals surface area contributed by atoms with E-state index in [-0.39, 0.29) is 48.5 Å². The molecule has 3 saturated heterocycles. The number of carbonyl (C=O) groups is 3. The summed E-state index contributed by atoms with van der Waals surface area (Å²) in [7, 11) is 0. The molecule has 46 heavy (non-hydrogen) atoms. The van der Waals surface area contributed by atoms with Crippen molar-refractivity contribution in [3.05, 3.63) is 71.3 Å². The standard InChI is InChI=1S/C36H50N2O8/c1-22-7-12-28(13-8-22)20-37-34(41)18-29-19-36(21-43-36)35(42)32(46-29)15-10-23(2)9-14-31-24(3)17-30(26(5)45-31)38-33(40)16-11-25(4)44-27(6)39/h7-13,15-16,24-26,29-32,35,42H,14,17-21H2,1-6H3,(H,37,41)(H,38,40)/b15-10+,16-11-,23-9+/t24-,25-,26+,29+,30+,31-,32+,35+,36+/m0/s1. The van der Waals surface area contributed by atoms with E-state index in [4.69, 9.17) is 18.9 Å². The number of aryl methyl sites for hydroxylation is 1. The van der Waals surface area contributed by atoms with Crippen LogP contribution in [0.15, 0.2) is 60.2 Å². The summed E-state index contributed by atoms with van der Waals surface area (Å²) in [6.07, 6.45) is 8.59. The maximum atomic E-state index is 12.7. The molecule has 0 aromatic heterocycles. The zero-order valence-electron chi connectivity index (χ0n) is 27.9. The Morgan fingerprint density at radius 3 is 2.52 bits per heavy atom. The lowest BCUT2D eigenvalue weighted by Gasteiger charge is -2.39. The zero-order chi connectivity index (χ0) is 33.4. The predicted octanol–water partition coefficient (Wildman–Crippen LogP) is 3.99. The number of hydrogen-bond acceptors (Lipinski definition) is 8. The molecule has 1 spiro atoms. The van der Waals surface area contributed by atoms with Crippen molar-refractivity contribution in [2.24, 2.45) is 5.92 Å². The number of epoxide rings is 1. The minimum atomic E-state index is -0.808. The van der Waals surface area contributed by atoms with Crippen molar-refractivity contribution in [3.63, 3.8) is 0 Å². The van der Waals surface area contributed by atoms with Crippen LogP contribution >= 0.6 is 0 Å². The number of aliphatic hydroxyl groups excluding tert-OH is 1. The monoisotopic (exact) mass is 638 g/mol. The van der Waals surface area contributed by atoms with Gasteiger partial charge in [0.2, 0.25) is 11.8 Å². The molecular formula is C36H50N2O8. The largest absolute Gasteiger partial charge is 0.459 e. The Morgan fingerprint density at radius 2 is 1.85 bits per heavy atom. The van der Waals surface area contributed by atoms with E-state index in [1.165, 1.54) is 18.6 Å². The van der Waals surface area contributed by atoms with Crippen molar-refractivity contribution in [3.8, 4) is 0 Å². The average molecular weight is 639 g/mol. The maximum absolute atomic E-state index is 12.7. The third-order valence-electron chi connectivity index (χ3n) is 8.95. The van der Waals surface area contributed by atoms with E-state index in [2.05, 4.69) is 23.6 Å². The highest BCUT2D eigenvalue weighted by Gasteiger charge is 2.58. The van der Waals surface area contributed by atoms with Gasteiger partial charge in [-0.1, -0.05) is 60.6 Å². The quantitative estimate of drug-likeness (QED) is 0.135. The van der Waals surface area contributed by atoms with Crippen LogP contribution < -0.4 is 10.6 Å². The summed E-state index contributed by atoms with van der Waals surface area (Å²) in [5.74, 6) is -0.527. The Morgan fingerprint density at radius 1 is 1.13 bits per heavy atom. The lowest BCUT2D eigenvalue weighted by Crippen LogP contribution is -2.50. The lowest BCUT2D eigenvalue weighted by molar-refractivity contribution is -0.145. The van der Waals surface area contributed by atoms with E-state index in [0.29, 0.717) is 26.0 Å². The van der Waals surface area contributed by atoms with Gasteiger partial charge in [-0.2, -0.15) is 0 Å². The zero-order valence-corrected chi connectivity index (χ0v) is 27.9. The molecule has 3 aliphatic heterocycles. The maximum Gasteiger partial charge on any atom is 0.303 e. The van der Waals surface area contributed by atoms with Gasteiger partial charge >= 0.3 is 5.97 Å². The molecule has 0 bridgehead atoms. The Kier molecular flexibility index (Phi) is 12.4. The van der Waals surface area contributed by atoms with E-state index in [9.17, 15) is 19.5 Å². The highest BCUT2D eigenvalue weighted by molar-refractivity contribution is 5.87. The first kappa shape index (κ1) is 35.5. The summed E-state index contributed by atoms with van der Waals surface area (Å²) >= 11 is 0. The van der Waals surface area contributed by atoms with Crippen LogP contribution in [0.3, 0.4) is 0 Å². The third kappa shape index (κ3) is 10.4. The van der Waals surface area contributed by atoms with Gasteiger partial charge in [0.1, 0.15) is 23.9 Å². The summed E-state index contributed by atoms with van der Waals surface area (Å²) in [6.45, 7) is 12.0. The van der Waals surface area contributed by atoms with Crippen LogP contribution in [0.4, 0.5) is 0 Å². The Hall–Kier alpha value is -3.31. The van der Waals surface area contributed by atoms with Crippen molar-refractivity contribution in [2.75, 3.05) is 6.61 Å². The van der Waals surface area contributed by atoms with Crippen LogP contribution in [-0.4, -0.2) is 77.8 Å². The van der Waals surface area contributed by atoms with Crippen LogP contribution in [0.25, 0.3) is 0 Å². The van der Waals surface area contributed by atoms with Gasteiger partial charge in [-0.25, -0.2) is 0 Å². The number of allylic oxidation sites excluding steroid dienone is 2. The Labute approximate surface area is 272 Å². The van der Waals surface area contributed by atoms with Crippen LogP contribution in [0.2, 0.25) is 0 Å². The SMILES string of the molecule is CC(=O)O[C@@H](C)/C=C\C(=O)N[C@@H]1C[C@H](C)[C@H](C/C=C(C)/C=C/[C@H]2O[C@H](CC(=O)NCc3ccc(C)cc3)C[C@@]3(CO3)[C@@H]2O)O[C@@H]1C. The molecule has 4 rings (SSSR count).